The number of carbonyl (C=O) groups excluding carboxylic acids is 1. The van der Waals surface area contributed by atoms with Gasteiger partial charge in [-0.25, -0.2) is 4.98 Å². The van der Waals surface area contributed by atoms with Crippen LogP contribution in [0.2, 0.25) is 0 Å². The average molecular weight is 360 g/mol. The Kier molecular flexibility index (Phi) is 4.88. The number of nitrogens with one attached hydrogen (secondary N) is 2. The Hall–Kier alpha value is -2.76. The quantitative estimate of drug-likeness (QED) is 0.682. The number of benzene rings is 2. The average Bonchev–Trinajstić information content (AvgIpc) is 3.29. The molecule has 0 spiro atoms. The Labute approximate surface area is 159 Å². The molecule has 1 fully saturated rings. The Balaban J connectivity index is 1.75. The number of ketones is 1. The van der Waals surface area contributed by atoms with Gasteiger partial charge in [-0.15, -0.1) is 0 Å². The summed E-state index contributed by atoms with van der Waals surface area (Å²) in [4.78, 5) is 16.4. The van der Waals surface area contributed by atoms with Crippen LogP contribution in [0.15, 0.2) is 60.9 Å². The summed E-state index contributed by atoms with van der Waals surface area (Å²) in [6, 6.07) is 18.9. The molecule has 2 unspecified atom stereocenters. The minimum Gasteiger partial charge on any atom is -0.328 e. The van der Waals surface area contributed by atoms with E-state index in [1.165, 1.54) is 0 Å². The van der Waals surface area contributed by atoms with E-state index in [0.717, 1.165) is 41.0 Å². The SMILES string of the molecule is CC(=O)c1ccc(-c2c(-c3ccccc3)ncn2CC2CC(C)NN2)cc1. The van der Waals surface area contributed by atoms with Crippen LogP contribution in [0, 0.1) is 0 Å². The van der Waals surface area contributed by atoms with Gasteiger partial charge >= 0.3 is 0 Å². The van der Waals surface area contributed by atoms with E-state index in [9.17, 15) is 4.79 Å². The fourth-order valence-electron chi connectivity index (χ4n) is 3.66. The molecule has 3 aromatic rings. The zero-order valence-corrected chi connectivity index (χ0v) is 15.6. The van der Waals surface area contributed by atoms with Crippen molar-refractivity contribution in [3.63, 3.8) is 0 Å². The minimum absolute atomic E-state index is 0.0774. The zero-order valence-electron chi connectivity index (χ0n) is 15.6. The largest absolute Gasteiger partial charge is 0.328 e. The summed E-state index contributed by atoms with van der Waals surface area (Å²) in [7, 11) is 0. The molecule has 1 aromatic heterocycles. The third-order valence-electron chi connectivity index (χ3n) is 5.04. The van der Waals surface area contributed by atoms with Crippen molar-refractivity contribution in [2.75, 3.05) is 0 Å². The number of rotatable bonds is 5. The van der Waals surface area contributed by atoms with E-state index in [1.54, 1.807) is 6.92 Å². The standard InChI is InChI=1S/C22H24N4O/c1-15-12-20(25-24-15)13-26-14-23-21(18-6-4-3-5-7-18)22(26)19-10-8-17(9-11-19)16(2)27/h3-11,14-15,20,24-25H,12-13H2,1-2H3. The maximum Gasteiger partial charge on any atom is 0.159 e. The smallest absolute Gasteiger partial charge is 0.159 e. The van der Waals surface area contributed by atoms with E-state index in [1.807, 2.05) is 48.8 Å². The van der Waals surface area contributed by atoms with Gasteiger partial charge in [0.05, 0.1) is 17.7 Å². The summed E-state index contributed by atoms with van der Waals surface area (Å²) in [6.07, 6.45) is 2.99. The molecule has 27 heavy (non-hydrogen) atoms. The van der Waals surface area contributed by atoms with Gasteiger partial charge in [0.15, 0.2) is 5.78 Å². The lowest BCUT2D eigenvalue weighted by Crippen LogP contribution is -2.34. The van der Waals surface area contributed by atoms with E-state index in [4.69, 9.17) is 4.98 Å². The van der Waals surface area contributed by atoms with Crippen molar-refractivity contribution in [3.8, 4) is 22.5 Å². The molecule has 4 rings (SSSR count). The molecule has 2 aromatic carbocycles. The molecule has 1 saturated heterocycles. The predicted octanol–water partition coefficient (Wildman–Crippen LogP) is 3.67. The van der Waals surface area contributed by atoms with Crippen molar-refractivity contribution in [1.29, 1.82) is 0 Å². The molecule has 2 heterocycles. The van der Waals surface area contributed by atoms with Crippen molar-refractivity contribution >= 4 is 5.78 Å². The highest BCUT2D eigenvalue weighted by atomic mass is 16.1. The summed E-state index contributed by atoms with van der Waals surface area (Å²) in [6.45, 7) is 4.60. The second-order valence-electron chi connectivity index (χ2n) is 7.22. The Morgan fingerprint density at radius 3 is 2.44 bits per heavy atom. The van der Waals surface area contributed by atoms with Crippen LogP contribution < -0.4 is 10.9 Å². The van der Waals surface area contributed by atoms with Crippen LogP contribution in [-0.2, 0) is 6.54 Å². The van der Waals surface area contributed by atoms with Crippen molar-refractivity contribution in [2.45, 2.75) is 38.9 Å². The van der Waals surface area contributed by atoms with Gasteiger partial charge in [0, 0.05) is 35.3 Å². The Bertz CT molecular complexity index is 931. The summed E-state index contributed by atoms with van der Waals surface area (Å²) in [5.74, 6) is 0.0774. The molecule has 0 saturated carbocycles. The lowest BCUT2D eigenvalue weighted by Gasteiger charge is -2.15. The molecular weight excluding hydrogens is 336 g/mol. The topological polar surface area (TPSA) is 59.0 Å². The van der Waals surface area contributed by atoms with Crippen LogP contribution in [0.5, 0.6) is 0 Å². The van der Waals surface area contributed by atoms with Crippen molar-refractivity contribution < 1.29 is 4.79 Å². The van der Waals surface area contributed by atoms with Gasteiger partial charge in [0.1, 0.15) is 0 Å². The third kappa shape index (κ3) is 3.70. The molecule has 0 bridgehead atoms. The highest BCUT2D eigenvalue weighted by Crippen LogP contribution is 2.32. The first kappa shape index (κ1) is 17.6. The van der Waals surface area contributed by atoms with Crippen molar-refractivity contribution in [1.82, 2.24) is 20.4 Å². The van der Waals surface area contributed by atoms with Gasteiger partial charge in [-0.3, -0.25) is 15.6 Å². The van der Waals surface area contributed by atoms with Crippen LogP contribution in [0.25, 0.3) is 22.5 Å². The molecule has 2 atom stereocenters. The number of Topliss-reactive ketones (excluding diaryl/α,β-unsaturated/α-hetero) is 1. The van der Waals surface area contributed by atoms with Gasteiger partial charge in [0.25, 0.3) is 0 Å². The second-order valence-corrected chi connectivity index (χ2v) is 7.22. The van der Waals surface area contributed by atoms with E-state index in [2.05, 4.69) is 34.5 Å². The molecule has 0 aliphatic carbocycles. The van der Waals surface area contributed by atoms with Gasteiger partial charge in [-0.1, -0.05) is 54.6 Å². The number of hydrogen-bond acceptors (Lipinski definition) is 4. The maximum atomic E-state index is 11.6. The van der Waals surface area contributed by atoms with Gasteiger partial charge in [0.2, 0.25) is 0 Å². The Morgan fingerprint density at radius 2 is 1.81 bits per heavy atom. The van der Waals surface area contributed by atoms with Crippen LogP contribution in [0.3, 0.4) is 0 Å². The molecule has 5 nitrogen and oxygen atoms in total. The van der Waals surface area contributed by atoms with Crippen LogP contribution >= 0.6 is 0 Å². The molecule has 1 aliphatic heterocycles. The van der Waals surface area contributed by atoms with E-state index < -0.39 is 0 Å². The highest BCUT2D eigenvalue weighted by Gasteiger charge is 2.23. The first-order valence-electron chi connectivity index (χ1n) is 9.35. The van der Waals surface area contributed by atoms with Crippen molar-refractivity contribution in [3.05, 3.63) is 66.5 Å². The number of carbonyl (C=O) groups is 1. The minimum atomic E-state index is 0.0774. The summed E-state index contributed by atoms with van der Waals surface area (Å²) in [5.41, 5.74) is 11.6. The molecule has 0 amide bonds. The molecule has 1 aliphatic rings. The first-order chi connectivity index (χ1) is 13.1. The molecule has 138 valence electrons. The van der Waals surface area contributed by atoms with Gasteiger partial charge in [-0.05, 0) is 20.3 Å². The fraction of sp³-hybridized carbons (Fsp3) is 0.273. The zero-order chi connectivity index (χ0) is 18.8. The second kappa shape index (κ2) is 7.47. The van der Waals surface area contributed by atoms with Gasteiger partial charge < -0.3 is 4.57 Å². The number of aromatic nitrogens is 2. The highest BCUT2D eigenvalue weighted by molar-refractivity contribution is 5.94. The number of hydrazine groups is 1. The van der Waals surface area contributed by atoms with Gasteiger partial charge in [-0.2, -0.15) is 0 Å². The van der Waals surface area contributed by atoms with Crippen LogP contribution in [0.4, 0.5) is 0 Å². The fourth-order valence-corrected chi connectivity index (χ4v) is 3.66. The monoisotopic (exact) mass is 360 g/mol. The van der Waals surface area contributed by atoms with Crippen LogP contribution in [-0.4, -0.2) is 27.4 Å². The number of nitrogens with zero attached hydrogens (tertiary/aromatic N) is 2. The third-order valence-corrected chi connectivity index (χ3v) is 5.04. The number of hydrogen-bond donors (Lipinski definition) is 2. The summed E-state index contributed by atoms with van der Waals surface area (Å²) < 4.78 is 2.21. The summed E-state index contributed by atoms with van der Waals surface area (Å²) in [5, 5.41) is 0. The molecular formula is C22H24N4O. The predicted molar refractivity (Wildman–Crippen MR) is 107 cm³/mol. The molecule has 2 N–H and O–H groups in total. The lowest BCUT2D eigenvalue weighted by atomic mass is 10.0. The Morgan fingerprint density at radius 1 is 1.07 bits per heavy atom. The maximum absolute atomic E-state index is 11.6. The summed E-state index contributed by atoms with van der Waals surface area (Å²) >= 11 is 0. The van der Waals surface area contributed by atoms with Crippen LogP contribution in [0.1, 0.15) is 30.6 Å². The number of imidazole rings is 1. The van der Waals surface area contributed by atoms with E-state index >= 15 is 0 Å². The van der Waals surface area contributed by atoms with E-state index in [-0.39, 0.29) is 5.78 Å². The lowest BCUT2D eigenvalue weighted by molar-refractivity contribution is 0.101. The normalized spacial score (nSPS) is 19.3. The van der Waals surface area contributed by atoms with Crippen molar-refractivity contribution in [2.24, 2.45) is 0 Å². The molecule has 0 radical (unpaired) electrons. The molecule has 5 heteroatoms. The van der Waals surface area contributed by atoms with E-state index in [0.29, 0.717) is 12.1 Å². The first-order valence-corrected chi connectivity index (χ1v) is 9.35.